The van der Waals surface area contributed by atoms with Crippen molar-refractivity contribution < 1.29 is 4.79 Å². The summed E-state index contributed by atoms with van der Waals surface area (Å²) in [6.07, 6.45) is 5.27. The van der Waals surface area contributed by atoms with Gasteiger partial charge in [0.05, 0.1) is 0 Å². The summed E-state index contributed by atoms with van der Waals surface area (Å²) in [6.45, 7) is 0.447. The molecule has 0 unspecified atom stereocenters. The minimum absolute atomic E-state index is 0.215. The number of carbonyl (C=O) groups excluding carboxylic acids is 1. The third kappa shape index (κ3) is 3.65. The lowest BCUT2D eigenvalue weighted by atomic mass is 10.0. The number of nitrogens with zero attached hydrogens (tertiary/aromatic N) is 1. The van der Waals surface area contributed by atoms with E-state index in [1.165, 1.54) is 11.3 Å². The predicted molar refractivity (Wildman–Crippen MR) is 93.1 cm³/mol. The second-order valence-electron chi connectivity index (χ2n) is 4.93. The van der Waals surface area contributed by atoms with Crippen LogP contribution in [0.25, 0.3) is 11.1 Å². The number of aromatic nitrogens is 1. The van der Waals surface area contributed by atoms with E-state index >= 15 is 0 Å². The van der Waals surface area contributed by atoms with E-state index in [0.29, 0.717) is 17.2 Å². The van der Waals surface area contributed by atoms with E-state index < -0.39 is 0 Å². The second kappa shape index (κ2) is 6.91. The van der Waals surface area contributed by atoms with Crippen molar-refractivity contribution in [2.45, 2.75) is 6.54 Å². The van der Waals surface area contributed by atoms with Crippen LogP contribution in [0.5, 0.6) is 0 Å². The van der Waals surface area contributed by atoms with Gasteiger partial charge in [0.25, 0.3) is 5.91 Å². The Labute approximate surface area is 139 Å². The van der Waals surface area contributed by atoms with Gasteiger partial charge in [-0.3, -0.25) is 4.79 Å². The molecule has 4 heteroatoms. The Bertz CT molecular complexity index is 862. The fourth-order valence-electron chi connectivity index (χ4n) is 2.21. The maximum Gasteiger partial charge on any atom is 0.271 e. The number of nitrogens with one attached hydrogen (secondary N) is 1. The highest BCUT2D eigenvalue weighted by Crippen LogP contribution is 2.20. The molecule has 23 heavy (non-hydrogen) atoms. The Hall–Kier alpha value is -2.90. The van der Waals surface area contributed by atoms with Crippen molar-refractivity contribution in [1.82, 2.24) is 10.3 Å². The maximum absolute atomic E-state index is 12.1. The zero-order chi connectivity index (χ0) is 16.1. The van der Waals surface area contributed by atoms with Crippen LogP contribution in [-0.2, 0) is 6.54 Å². The van der Waals surface area contributed by atoms with Gasteiger partial charge < -0.3 is 5.32 Å². The van der Waals surface area contributed by atoms with Crippen LogP contribution in [-0.4, -0.2) is 10.9 Å². The minimum atomic E-state index is -0.215. The fourth-order valence-corrected chi connectivity index (χ4v) is 2.81. The third-order valence-electron chi connectivity index (χ3n) is 3.35. The molecule has 0 fully saturated rings. The lowest BCUT2D eigenvalue weighted by Gasteiger charge is -2.07. The van der Waals surface area contributed by atoms with Crippen molar-refractivity contribution in [1.29, 1.82) is 0 Å². The second-order valence-corrected chi connectivity index (χ2v) is 5.79. The largest absolute Gasteiger partial charge is 0.347 e. The van der Waals surface area contributed by atoms with E-state index in [-0.39, 0.29) is 5.91 Å². The van der Waals surface area contributed by atoms with Crippen LogP contribution >= 0.6 is 11.3 Å². The molecule has 0 atom stereocenters. The summed E-state index contributed by atoms with van der Waals surface area (Å²) in [7, 11) is 0. The van der Waals surface area contributed by atoms with E-state index in [1.807, 2.05) is 30.3 Å². The van der Waals surface area contributed by atoms with Crippen molar-refractivity contribution in [2.75, 3.05) is 0 Å². The average molecular weight is 318 g/mol. The van der Waals surface area contributed by atoms with E-state index in [1.54, 1.807) is 5.38 Å². The quantitative estimate of drug-likeness (QED) is 0.745. The molecule has 3 aromatic rings. The van der Waals surface area contributed by atoms with Crippen LogP contribution in [0, 0.1) is 12.3 Å². The Balaban J connectivity index is 1.69. The third-order valence-corrected chi connectivity index (χ3v) is 4.12. The topological polar surface area (TPSA) is 42.0 Å². The highest BCUT2D eigenvalue weighted by molar-refractivity contribution is 7.10. The van der Waals surface area contributed by atoms with Gasteiger partial charge in [0.2, 0.25) is 0 Å². The Morgan fingerprint density at radius 3 is 2.65 bits per heavy atom. The van der Waals surface area contributed by atoms with Gasteiger partial charge in [-0.05, 0) is 28.7 Å². The van der Waals surface area contributed by atoms with Crippen molar-refractivity contribution in [3.63, 3.8) is 0 Å². The first-order valence-corrected chi connectivity index (χ1v) is 7.99. The summed E-state index contributed by atoms with van der Waals surface area (Å²) >= 11 is 1.29. The molecule has 0 bridgehead atoms. The minimum Gasteiger partial charge on any atom is -0.347 e. The van der Waals surface area contributed by atoms with Gasteiger partial charge in [0, 0.05) is 11.9 Å². The SMILES string of the molecule is C#Cc1nc(C(=O)NCc2cccc(-c3ccccc3)c2)cs1. The highest BCUT2D eigenvalue weighted by atomic mass is 32.1. The van der Waals surface area contributed by atoms with E-state index in [0.717, 1.165) is 16.7 Å². The lowest BCUT2D eigenvalue weighted by Crippen LogP contribution is -2.23. The first-order valence-electron chi connectivity index (χ1n) is 7.11. The van der Waals surface area contributed by atoms with E-state index in [4.69, 9.17) is 6.42 Å². The first kappa shape index (κ1) is 15.0. The molecule has 1 aromatic heterocycles. The number of rotatable bonds is 4. The number of benzene rings is 2. The molecule has 0 saturated carbocycles. The van der Waals surface area contributed by atoms with Crippen LogP contribution in [0.2, 0.25) is 0 Å². The number of carbonyl (C=O) groups is 1. The average Bonchev–Trinajstić information content (AvgIpc) is 3.10. The van der Waals surface area contributed by atoms with Crippen LogP contribution in [0.3, 0.4) is 0 Å². The summed E-state index contributed by atoms with van der Waals surface area (Å²) in [4.78, 5) is 16.1. The Morgan fingerprint density at radius 2 is 1.91 bits per heavy atom. The van der Waals surface area contributed by atoms with Crippen molar-refractivity contribution >= 4 is 17.2 Å². The van der Waals surface area contributed by atoms with Crippen molar-refractivity contribution in [2.24, 2.45) is 0 Å². The molecule has 1 heterocycles. The predicted octanol–water partition coefficient (Wildman–Crippen LogP) is 3.72. The molecule has 1 N–H and O–H groups in total. The van der Waals surface area contributed by atoms with Crippen molar-refractivity contribution in [3.8, 4) is 23.5 Å². The summed E-state index contributed by atoms with van der Waals surface area (Å²) in [5.41, 5.74) is 3.67. The molecule has 0 aliphatic rings. The van der Waals surface area contributed by atoms with Gasteiger partial charge in [-0.15, -0.1) is 17.8 Å². The monoisotopic (exact) mass is 318 g/mol. The lowest BCUT2D eigenvalue weighted by molar-refractivity contribution is 0.0946. The number of hydrogen-bond acceptors (Lipinski definition) is 3. The van der Waals surface area contributed by atoms with Crippen LogP contribution in [0.15, 0.2) is 60.0 Å². The molecule has 3 rings (SSSR count). The Kier molecular flexibility index (Phi) is 4.51. The van der Waals surface area contributed by atoms with Crippen LogP contribution in [0.1, 0.15) is 21.1 Å². The summed E-state index contributed by atoms with van der Waals surface area (Å²) in [6, 6.07) is 18.2. The van der Waals surface area contributed by atoms with Crippen LogP contribution in [0.4, 0.5) is 0 Å². The molecule has 0 spiro atoms. The van der Waals surface area contributed by atoms with Crippen molar-refractivity contribution in [3.05, 3.63) is 76.2 Å². The maximum atomic E-state index is 12.1. The number of hydrogen-bond donors (Lipinski definition) is 1. The number of thiazole rings is 1. The van der Waals surface area contributed by atoms with Gasteiger partial charge in [-0.25, -0.2) is 4.98 Å². The summed E-state index contributed by atoms with van der Waals surface area (Å²) in [5.74, 6) is 2.21. The molecule has 1 amide bonds. The van der Waals surface area contributed by atoms with Crippen LogP contribution < -0.4 is 5.32 Å². The molecule has 0 radical (unpaired) electrons. The van der Waals surface area contributed by atoms with Gasteiger partial charge in [0.1, 0.15) is 5.69 Å². The first-order chi connectivity index (χ1) is 11.3. The normalized spacial score (nSPS) is 10.0. The number of terminal acetylenes is 1. The molecule has 2 aromatic carbocycles. The van der Waals surface area contributed by atoms with Gasteiger partial charge in [-0.2, -0.15) is 0 Å². The molecule has 0 saturated heterocycles. The standard InChI is InChI=1S/C19H14N2OS/c1-2-18-21-17(13-23-18)19(22)20-12-14-7-6-10-16(11-14)15-8-4-3-5-9-15/h1,3-11,13H,12H2,(H,20,22). The Morgan fingerprint density at radius 1 is 1.13 bits per heavy atom. The zero-order valence-electron chi connectivity index (χ0n) is 12.3. The summed E-state index contributed by atoms with van der Waals surface area (Å²) < 4.78 is 0. The highest BCUT2D eigenvalue weighted by Gasteiger charge is 2.09. The molecule has 112 valence electrons. The van der Waals surface area contributed by atoms with Gasteiger partial charge >= 0.3 is 0 Å². The van der Waals surface area contributed by atoms with E-state index in [2.05, 4.69) is 40.5 Å². The van der Waals surface area contributed by atoms with Gasteiger partial charge in [-0.1, -0.05) is 48.5 Å². The molecular weight excluding hydrogens is 304 g/mol. The van der Waals surface area contributed by atoms with E-state index in [9.17, 15) is 4.79 Å². The molecule has 0 aliphatic heterocycles. The molecule has 0 aliphatic carbocycles. The molecule has 3 nitrogen and oxygen atoms in total. The number of amides is 1. The zero-order valence-corrected chi connectivity index (χ0v) is 13.1. The fraction of sp³-hybridized carbons (Fsp3) is 0.0526. The summed E-state index contributed by atoms with van der Waals surface area (Å²) in [5, 5.41) is 5.05. The van der Waals surface area contributed by atoms with Gasteiger partial charge in [0.15, 0.2) is 5.01 Å². The smallest absolute Gasteiger partial charge is 0.271 e. The molecular formula is C19H14N2OS.